The summed E-state index contributed by atoms with van der Waals surface area (Å²) in [6.45, 7) is 2.73. The quantitative estimate of drug-likeness (QED) is 0.716. The average molecular weight is 324 g/mol. The van der Waals surface area contributed by atoms with E-state index < -0.39 is 5.82 Å². The van der Waals surface area contributed by atoms with Crippen molar-refractivity contribution in [2.75, 3.05) is 33.4 Å². The Bertz CT molecular complexity index is 525. The Morgan fingerprint density at radius 2 is 2.30 bits per heavy atom. The van der Waals surface area contributed by atoms with E-state index in [9.17, 15) is 14.3 Å². The van der Waals surface area contributed by atoms with Gasteiger partial charge in [-0.05, 0) is 57.0 Å². The average Bonchev–Trinajstić information content (AvgIpc) is 3.01. The third-order valence-electron chi connectivity index (χ3n) is 4.27. The Morgan fingerprint density at radius 3 is 3.04 bits per heavy atom. The van der Waals surface area contributed by atoms with E-state index in [1.165, 1.54) is 25.3 Å². The zero-order valence-electron chi connectivity index (χ0n) is 13.6. The van der Waals surface area contributed by atoms with Gasteiger partial charge in [0.05, 0.1) is 19.3 Å². The standard InChI is InChI=1S/C17H25FN2O3/c1-23-16-7-6-13(18)11-15(16)17(22)19-8-2-3-9-20-10-4-5-14(20)12-21/h6-7,11,14,21H,2-5,8-10,12H2,1H3,(H,19,22). The number of halogens is 1. The van der Waals surface area contributed by atoms with Gasteiger partial charge in [0.15, 0.2) is 0 Å². The van der Waals surface area contributed by atoms with Gasteiger partial charge >= 0.3 is 0 Å². The summed E-state index contributed by atoms with van der Waals surface area (Å²) in [5.74, 6) is -0.414. The number of carbonyl (C=O) groups excluding carboxylic acids is 1. The Hall–Kier alpha value is -1.66. The van der Waals surface area contributed by atoms with E-state index in [1.807, 2.05) is 0 Å². The SMILES string of the molecule is COc1ccc(F)cc1C(=O)NCCCCN1CCCC1CO. The lowest BCUT2D eigenvalue weighted by Gasteiger charge is -2.22. The van der Waals surface area contributed by atoms with Gasteiger partial charge in [-0.2, -0.15) is 0 Å². The summed E-state index contributed by atoms with van der Waals surface area (Å²) in [7, 11) is 1.46. The molecule has 2 rings (SSSR count). The molecule has 0 spiro atoms. The van der Waals surface area contributed by atoms with Crippen molar-refractivity contribution in [2.45, 2.75) is 31.7 Å². The second-order valence-electron chi connectivity index (χ2n) is 5.82. The summed E-state index contributed by atoms with van der Waals surface area (Å²) in [6.07, 6.45) is 4.00. The number of aliphatic hydroxyl groups is 1. The zero-order valence-corrected chi connectivity index (χ0v) is 13.6. The molecule has 128 valence electrons. The number of hydrogen-bond donors (Lipinski definition) is 2. The first kappa shape index (κ1) is 17.7. The lowest BCUT2D eigenvalue weighted by atomic mass is 10.1. The predicted molar refractivity (Wildman–Crippen MR) is 86.2 cm³/mol. The number of methoxy groups -OCH3 is 1. The van der Waals surface area contributed by atoms with E-state index in [1.54, 1.807) is 0 Å². The molecule has 0 bridgehead atoms. The normalized spacial score (nSPS) is 18.1. The van der Waals surface area contributed by atoms with Gasteiger partial charge in [0, 0.05) is 12.6 Å². The van der Waals surface area contributed by atoms with Crippen LogP contribution < -0.4 is 10.1 Å². The van der Waals surface area contributed by atoms with Crippen LogP contribution in [0.1, 0.15) is 36.0 Å². The van der Waals surface area contributed by atoms with E-state index >= 15 is 0 Å². The molecular formula is C17H25FN2O3. The summed E-state index contributed by atoms with van der Waals surface area (Å²) in [6, 6.07) is 4.20. The number of carbonyl (C=O) groups is 1. The van der Waals surface area contributed by atoms with E-state index in [0.717, 1.165) is 38.8 Å². The third-order valence-corrected chi connectivity index (χ3v) is 4.27. The highest BCUT2D eigenvalue weighted by atomic mass is 19.1. The molecule has 6 heteroatoms. The van der Waals surface area contributed by atoms with Crippen LogP contribution in [0.4, 0.5) is 4.39 Å². The maximum atomic E-state index is 13.3. The first-order chi connectivity index (χ1) is 11.2. The molecule has 1 atom stereocenters. The number of hydrogen-bond acceptors (Lipinski definition) is 4. The maximum Gasteiger partial charge on any atom is 0.255 e. The minimum Gasteiger partial charge on any atom is -0.496 e. The van der Waals surface area contributed by atoms with Crippen LogP contribution in [0.5, 0.6) is 5.75 Å². The minimum atomic E-state index is -0.458. The summed E-state index contributed by atoms with van der Waals surface area (Å²) in [4.78, 5) is 14.4. The molecule has 1 heterocycles. The van der Waals surface area contributed by atoms with Crippen molar-refractivity contribution in [1.29, 1.82) is 0 Å². The van der Waals surface area contributed by atoms with Gasteiger partial charge in [0.2, 0.25) is 0 Å². The molecule has 1 amide bonds. The van der Waals surface area contributed by atoms with Crippen molar-refractivity contribution >= 4 is 5.91 Å². The molecule has 2 N–H and O–H groups in total. The van der Waals surface area contributed by atoms with Gasteiger partial charge in [0.25, 0.3) is 5.91 Å². The van der Waals surface area contributed by atoms with Crippen LogP contribution in [-0.4, -0.2) is 55.3 Å². The monoisotopic (exact) mass is 324 g/mol. The number of nitrogens with zero attached hydrogens (tertiary/aromatic N) is 1. The first-order valence-electron chi connectivity index (χ1n) is 8.12. The zero-order chi connectivity index (χ0) is 16.7. The molecule has 1 aromatic carbocycles. The molecule has 0 aliphatic carbocycles. The number of aliphatic hydroxyl groups excluding tert-OH is 1. The highest BCUT2D eigenvalue weighted by Gasteiger charge is 2.22. The van der Waals surface area contributed by atoms with Crippen molar-refractivity contribution in [2.24, 2.45) is 0 Å². The second kappa shape index (κ2) is 8.84. The Balaban J connectivity index is 1.72. The van der Waals surface area contributed by atoms with Crippen molar-refractivity contribution in [3.63, 3.8) is 0 Å². The highest BCUT2D eigenvalue weighted by Crippen LogP contribution is 2.19. The second-order valence-corrected chi connectivity index (χ2v) is 5.82. The summed E-state index contributed by atoms with van der Waals surface area (Å²) in [5.41, 5.74) is 0.215. The molecule has 1 aromatic rings. The van der Waals surface area contributed by atoms with Crippen LogP contribution in [0.25, 0.3) is 0 Å². The number of likely N-dealkylation sites (tertiary alicyclic amines) is 1. The third kappa shape index (κ3) is 4.91. The minimum absolute atomic E-state index is 0.215. The molecule has 1 aliphatic heterocycles. The number of benzene rings is 1. The maximum absolute atomic E-state index is 13.3. The van der Waals surface area contributed by atoms with Gasteiger partial charge in [-0.1, -0.05) is 0 Å². The fraction of sp³-hybridized carbons (Fsp3) is 0.588. The van der Waals surface area contributed by atoms with Crippen LogP contribution in [-0.2, 0) is 0 Å². The Morgan fingerprint density at radius 1 is 1.48 bits per heavy atom. The molecule has 0 radical (unpaired) electrons. The molecule has 23 heavy (non-hydrogen) atoms. The van der Waals surface area contributed by atoms with Crippen LogP contribution in [0.3, 0.4) is 0 Å². The molecule has 0 saturated carbocycles. The molecule has 1 unspecified atom stereocenters. The summed E-state index contributed by atoms with van der Waals surface area (Å²) >= 11 is 0. The molecule has 1 fully saturated rings. The topological polar surface area (TPSA) is 61.8 Å². The fourth-order valence-electron chi connectivity index (χ4n) is 2.99. The van der Waals surface area contributed by atoms with Gasteiger partial charge in [-0.3, -0.25) is 9.69 Å². The van der Waals surface area contributed by atoms with Crippen LogP contribution in [0.15, 0.2) is 18.2 Å². The van der Waals surface area contributed by atoms with Gasteiger partial charge in [0.1, 0.15) is 11.6 Å². The van der Waals surface area contributed by atoms with Gasteiger partial charge < -0.3 is 15.2 Å². The largest absolute Gasteiger partial charge is 0.496 e. The van der Waals surface area contributed by atoms with Crippen LogP contribution in [0.2, 0.25) is 0 Å². The Labute approximate surface area is 136 Å². The van der Waals surface area contributed by atoms with Crippen molar-refractivity contribution < 1.29 is 19.0 Å². The molecule has 0 aromatic heterocycles. The van der Waals surface area contributed by atoms with Crippen LogP contribution >= 0.6 is 0 Å². The summed E-state index contributed by atoms with van der Waals surface area (Å²) < 4.78 is 18.4. The lowest BCUT2D eigenvalue weighted by Crippen LogP contribution is -2.33. The number of amides is 1. The fourth-order valence-corrected chi connectivity index (χ4v) is 2.99. The number of nitrogens with one attached hydrogen (secondary N) is 1. The number of unbranched alkanes of at least 4 members (excludes halogenated alkanes) is 1. The van der Waals surface area contributed by atoms with E-state index in [4.69, 9.17) is 4.74 Å². The van der Waals surface area contributed by atoms with Crippen LogP contribution in [0, 0.1) is 5.82 Å². The summed E-state index contributed by atoms with van der Waals surface area (Å²) in [5, 5.41) is 12.1. The smallest absolute Gasteiger partial charge is 0.255 e. The number of ether oxygens (including phenoxy) is 1. The van der Waals surface area contributed by atoms with E-state index in [-0.39, 0.29) is 18.1 Å². The van der Waals surface area contributed by atoms with Crippen molar-refractivity contribution in [3.05, 3.63) is 29.6 Å². The van der Waals surface area contributed by atoms with Crippen molar-refractivity contribution in [3.8, 4) is 5.75 Å². The van der Waals surface area contributed by atoms with Crippen molar-refractivity contribution in [1.82, 2.24) is 10.2 Å². The van der Waals surface area contributed by atoms with E-state index in [0.29, 0.717) is 18.3 Å². The molecule has 5 nitrogen and oxygen atoms in total. The van der Waals surface area contributed by atoms with Gasteiger partial charge in [-0.25, -0.2) is 4.39 Å². The van der Waals surface area contributed by atoms with E-state index in [2.05, 4.69) is 10.2 Å². The predicted octanol–water partition coefficient (Wildman–Crippen LogP) is 1.80. The first-order valence-corrected chi connectivity index (χ1v) is 8.12. The number of rotatable bonds is 8. The molecular weight excluding hydrogens is 299 g/mol. The lowest BCUT2D eigenvalue weighted by molar-refractivity contribution is 0.0948. The Kier molecular flexibility index (Phi) is 6.80. The van der Waals surface area contributed by atoms with Gasteiger partial charge in [-0.15, -0.1) is 0 Å². The molecule has 1 saturated heterocycles. The molecule has 1 aliphatic rings. The highest BCUT2D eigenvalue weighted by molar-refractivity contribution is 5.96.